The molecule has 1 fully saturated rings. The van der Waals surface area contributed by atoms with Gasteiger partial charge in [-0.25, -0.2) is 0 Å². The Morgan fingerprint density at radius 1 is 1.16 bits per heavy atom. The Balaban J connectivity index is 2.75. The highest BCUT2D eigenvalue weighted by atomic mass is 16.5. The second-order valence-corrected chi connectivity index (χ2v) is 8.26. The molecule has 0 saturated heterocycles. The van der Waals surface area contributed by atoms with Crippen molar-refractivity contribution < 1.29 is 24.2 Å². The molecule has 1 aliphatic rings. The van der Waals surface area contributed by atoms with Gasteiger partial charge in [0.25, 0.3) is 0 Å². The number of esters is 1. The van der Waals surface area contributed by atoms with Crippen molar-refractivity contribution in [1.29, 1.82) is 0 Å². The van der Waals surface area contributed by atoms with Gasteiger partial charge in [-0.1, -0.05) is 52.9 Å². The number of nitrogens with one attached hydrogen (secondary N) is 1. The van der Waals surface area contributed by atoms with Gasteiger partial charge in [-0.2, -0.15) is 0 Å². The maximum atomic E-state index is 12.7. The zero-order valence-corrected chi connectivity index (χ0v) is 16.0. The van der Waals surface area contributed by atoms with Gasteiger partial charge >= 0.3 is 11.9 Å². The molecule has 0 bridgehead atoms. The Morgan fingerprint density at radius 3 is 2.24 bits per heavy atom. The Labute approximate surface area is 150 Å². The van der Waals surface area contributed by atoms with Gasteiger partial charge in [0.2, 0.25) is 5.91 Å². The van der Waals surface area contributed by atoms with E-state index in [1.165, 1.54) is 13.3 Å². The minimum Gasteiger partial charge on any atom is -0.481 e. The van der Waals surface area contributed by atoms with Crippen molar-refractivity contribution in [1.82, 2.24) is 5.32 Å². The molecule has 1 amide bonds. The number of amides is 1. The molecule has 1 aliphatic carbocycles. The average molecular weight is 355 g/mol. The summed E-state index contributed by atoms with van der Waals surface area (Å²) in [5, 5.41) is 12.1. The van der Waals surface area contributed by atoms with E-state index in [0.717, 1.165) is 25.7 Å². The van der Waals surface area contributed by atoms with Crippen LogP contribution in [-0.4, -0.2) is 35.6 Å². The number of carboxylic acids is 1. The highest BCUT2D eigenvalue weighted by Crippen LogP contribution is 2.30. The van der Waals surface area contributed by atoms with Crippen LogP contribution < -0.4 is 5.32 Å². The smallest absolute Gasteiger partial charge is 0.304 e. The lowest BCUT2D eigenvalue weighted by atomic mass is 9.81. The summed E-state index contributed by atoms with van der Waals surface area (Å²) in [6.07, 6.45) is 6.13. The minimum absolute atomic E-state index is 0.0911. The van der Waals surface area contributed by atoms with Crippen molar-refractivity contribution in [2.75, 3.05) is 6.61 Å². The first kappa shape index (κ1) is 21.5. The number of hydrogen-bond donors (Lipinski definition) is 2. The molecule has 144 valence electrons. The molecule has 2 N–H and O–H groups in total. The fourth-order valence-electron chi connectivity index (χ4n) is 3.32. The predicted octanol–water partition coefficient (Wildman–Crippen LogP) is 3.14. The molecule has 1 saturated carbocycles. The lowest BCUT2D eigenvalue weighted by Crippen LogP contribution is -2.49. The number of aliphatic carboxylic acids is 1. The normalized spacial score (nSPS) is 18.2. The fourth-order valence-corrected chi connectivity index (χ4v) is 3.32. The third-order valence-electron chi connectivity index (χ3n) is 4.95. The van der Waals surface area contributed by atoms with Crippen LogP contribution in [0, 0.1) is 17.3 Å². The average Bonchev–Trinajstić information content (AvgIpc) is 2.49. The molecule has 0 spiro atoms. The summed E-state index contributed by atoms with van der Waals surface area (Å²) in [6.45, 7) is 7.28. The highest BCUT2D eigenvalue weighted by molar-refractivity contribution is 5.83. The van der Waals surface area contributed by atoms with Crippen LogP contribution in [0.25, 0.3) is 0 Å². The monoisotopic (exact) mass is 355 g/mol. The van der Waals surface area contributed by atoms with Gasteiger partial charge in [-0.05, 0) is 17.8 Å². The Hall–Kier alpha value is -1.59. The molecule has 0 unspecified atom stereocenters. The van der Waals surface area contributed by atoms with Crippen molar-refractivity contribution in [2.45, 2.75) is 78.7 Å². The summed E-state index contributed by atoms with van der Waals surface area (Å²) in [6, 6.07) is -0.355. The fraction of sp³-hybridized carbons (Fsp3) is 0.842. The number of ether oxygens (including phenoxy) is 1. The Kier molecular flexibility index (Phi) is 8.39. The first-order valence-electron chi connectivity index (χ1n) is 9.25. The van der Waals surface area contributed by atoms with Gasteiger partial charge in [0, 0.05) is 12.8 Å². The molecular weight excluding hydrogens is 322 g/mol. The number of hydrogen-bond acceptors (Lipinski definition) is 4. The maximum absolute atomic E-state index is 12.7. The predicted molar refractivity (Wildman–Crippen MR) is 95.0 cm³/mol. The second kappa shape index (κ2) is 9.78. The van der Waals surface area contributed by atoms with Gasteiger partial charge < -0.3 is 15.2 Å². The molecule has 1 rings (SSSR count). The second-order valence-electron chi connectivity index (χ2n) is 8.26. The van der Waals surface area contributed by atoms with E-state index in [-0.39, 0.29) is 30.4 Å². The van der Waals surface area contributed by atoms with Gasteiger partial charge in [0.15, 0.2) is 0 Å². The maximum Gasteiger partial charge on any atom is 0.304 e. The number of carbonyl (C=O) groups is 3. The summed E-state index contributed by atoms with van der Waals surface area (Å²) >= 11 is 0. The van der Waals surface area contributed by atoms with Gasteiger partial charge in [0.1, 0.15) is 6.61 Å². The van der Waals surface area contributed by atoms with Crippen LogP contribution in [0.15, 0.2) is 0 Å². The molecule has 6 heteroatoms. The molecule has 0 aromatic heterocycles. The van der Waals surface area contributed by atoms with Crippen LogP contribution in [0.2, 0.25) is 0 Å². The van der Waals surface area contributed by atoms with Gasteiger partial charge in [0.05, 0.1) is 12.5 Å². The SMILES string of the molecule is CC(=O)OC[C@@H](NC(=O)[C@@H](CC(=O)O)CC1CCCCC1)C(C)(C)C. The first-order valence-corrected chi connectivity index (χ1v) is 9.25. The Morgan fingerprint density at radius 2 is 1.76 bits per heavy atom. The number of rotatable bonds is 8. The summed E-state index contributed by atoms with van der Waals surface area (Å²) in [4.78, 5) is 35.0. The molecule has 0 aromatic rings. The summed E-state index contributed by atoms with van der Waals surface area (Å²) < 4.78 is 5.07. The van der Waals surface area contributed by atoms with Crippen LogP contribution in [0.5, 0.6) is 0 Å². The molecule has 0 aromatic carbocycles. The molecule has 25 heavy (non-hydrogen) atoms. The van der Waals surface area contributed by atoms with E-state index in [1.54, 1.807) is 0 Å². The van der Waals surface area contributed by atoms with E-state index in [1.807, 2.05) is 20.8 Å². The number of carbonyl (C=O) groups excluding carboxylic acids is 2. The van der Waals surface area contributed by atoms with E-state index in [4.69, 9.17) is 4.74 Å². The van der Waals surface area contributed by atoms with E-state index in [0.29, 0.717) is 12.3 Å². The summed E-state index contributed by atoms with van der Waals surface area (Å²) in [7, 11) is 0. The first-order chi connectivity index (χ1) is 11.6. The van der Waals surface area contributed by atoms with E-state index >= 15 is 0 Å². The van der Waals surface area contributed by atoms with Gasteiger partial charge in [-0.3, -0.25) is 14.4 Å². The lowest BCUT2D eigenvalue weighted by Gasteiger charge is -2.33. The van der Waals surface area contributed by atoms with Crippen LogP contribution in [0.1, 0.15) is 72.6 Å². The molecular formula is C19H33NO5. The molecule has 6 nitrogen and oxygen atoms in total. The summed E-state index contributed by atoms with van der Waals surface area (Å²) in [5.74, 6) is -1.72. The van der Waals surface area contributed by atoms with Gasteiger partial charge in [-0.15, -0.1) is 0 Å². The molecule has 0 radical (unpaired) electrons. The largest absolute Gasteiger partial charge is 0.481 e. The van der Waals surface area contributed by atoms with Crippen molar-refractivity contribution in [3.8, 4) is 0 Å². The lowest BCUT2D eigenvalue weighted by molar-refractivity contribution is -0.144. The standard InChI is InChI=1S/C19H33NO5/c1-13(21)25-12-16(19(2,3)4)20-18(24)15(11-17(22)23)10-14-8-6-5-7-9-14/h14-16H,5-12H2,1-4H3,(H,20,24)(H,22,23)/t15-,16-/m1/s1. The van der Waals surface area contributed by atoms with E-state index < -0.39 is 17.9 Å². The third-order valence-corrected chi connectivity index (χ3v) is 4.95. The topological polar surface area (TPSA) is 92.7 Å². The van der Waals surface area contributed by atoms with Crippen molar-refractivity contribution >= 4 is 17.8 Å². The molecule has 0 aliphatic heterocycles. The van der Waals surface area contributed by atoms with Crippen LogP contribution in [0.4, 0.5) is 0 Å². The third kappa shape index (κ3) is 8.36. The van der Waals surface area contributed by atoms with Crippen molar-refractivity contribution in [3.63, 3.8) is 0 Å². The van der Waals surface area contributed by atoms with E-state index in [2.05, 4.69) is 5.32 Å². The van der Waals surface area contributed by atoms with Crippen LogP contribution in [-0.2, 0) is 19.1 Å². The zero-order valence-electron chi connectivity index (χ0n) is 16.0. The number of carboxylic acid groups (broad SMARTS) is 1. The van der Waals surface area contributed by atoms with Crippen molar-refractivity contribution in [3.05, 3.63) is 0 Å². The van der Waals surface area contributed by atoms with E-state index in [9.17, 15) is 19.5 Å². The van der Waals surface area contributed by atoms with Crippen LogP contribution in [0.3, 0.4) is 0 Å². The Bertz CT molecular complexity index is 463. The quantitative estimate of drug-likeness (QED) is 0.653. The molecule has 2 atom stereocenters. The minimum atomic E-state index is -0.955. The highest BCUT2D eigenvalue weighted by Gasteiger charge is 2.32. The molecule has 0 heterocycles. The zero-order chi connectivity index (χ0) is 19.0. The van der Waals surface area contributed by atoms with Crippen molar-refractivity contribution in [2.24, 2.45) is 17.3 Å². The summed E-state index contributed by atoms with van der Waals surface area (Å²) in [5.41, 5.74) is -0.302. The van der Waals surface area contributed by atoms with Crippen LogP contribution >= 0.6 is 0 Å².